The lowest BCUT2D eigenvalue weighted by molar-refractivity contribution is -0.116. The average Bonchev–Trinajstić information content (AvgIpc) is 2.85. The number of nitrogens with one attached hydrogen (secondary N) is 1. The fraction of sp³-hybridized carbons (Fsp3) is 0.308. The Labute approximate surface area is 194 Å². The van der Waals surface area contributed by atoms with Crippen LogP contribution in [0.3, 0.4) is 0 Å². The van der Waals surface area contributed by atoms with E-state index in [-0.39, 0.29) is 24.5 Å². The van der Waals surface area contributed by atoms with Crippen molar-refractivity contribution in [3.63, 3.8) is 0 Å². The van der Waals surface area contributed by atoms with Gasteiger partial charge in [0.25, 0.3) is 0 Å². The maximum absolute atomic E-state index is 12.5. The summed E-state index contributed by atoms with van der Waals surface area (Å²) in [6, 6.07) is 14.2. The number of rotatable bonds is 13. The molecule has 33 heavy (non-hydrogen) atoms. The molecule has 3 aromatic rings. The molecular formula is C26H29N3O4. The fourth-order valence-electron chi connectivity index (χ4n) is 3.09. The lowest BCUT2D eigenvalue weighted by Crippen LogP contribution is -2.15. The Kier molecular flexibility index (Phi) is 9.39. The highest BCUT2D eigenvalue weighted by atomic mass is 16.5. The quantitative estimate of drug-likeness (QED) is 0.285. The van der Waals surface area contributed by atoms with Gasteiger partial charge in [0.1, 0.15) is 12.4 Å². The molecule has 172 valence electrons. The van der Waals surface area contributed by atoms with Crippen molar-refractivity contribution in [2.75, 3.05) is 11.9 Å². The van der Waals surface area contributed by atoms with Gasteiger partial charge < -0.3 is 14.8 Å². The number of Topliss-reactive ketones (excluding diaryl/α,β-unsaturated/α-hetero) is 1. The maximum atomic E-state index is 12.5. The van der Waals surface area contributed by atoms with Gasteiger partial charge in [-0.25, -0.2) is 4.98 Å². The van der Waals surface area contributed by atoms with Gasteiger partial charge in [-0.1, -0.05) is 19.8 Å². The number of unbranched alkanes of at least 4 members (excludes halogenated alkanes) is 2. The topological polar surface area (TPSA) is 90.4 Å². The predicted octanol–water partition coefficient (Wildman–Crippen LogP) is 5.23. The molecule has 0 saturated heterocycles. The largest absolute Gasteiger partial charge is 0.494 e. The van der Waals surface area contributed by atoms with Crippen LogP contribution in [0.5, 0.6) is 11.5 Å². The van der Waals surface area contributed by atoms with Gasteiger partial charge in [-0.05, 0) is 60.5 Å². The number of ketones is 1. The summed E-state index contributed by atoms with van der Waals surface area (Å²) in [7, 11) is 0. The number of amides is 1. The summed E-state index contributed by atoms with van der Waals surface area (Å²) in [5.41, 5.74) is 1.51. The first-order valence-corrected chi connectivity index (χ1v) is 11.2. The van der Waals surface area contributed by atoms with Gasteiger partial charge in [0, 0.05) is 37.0 Å². The summed E-state index contributed by atoms with van der Waals surface area (Å²) in [5.74, 6) is 1.14. The predicted molar refractivity (Wildman–Crippen MR) is 126 cm³/mol. The third-order valence-electron chi connectivity index (χ3n) is 4.94. The second kappa shape index (κ2) is 13.0. The van der Waals surface area contributed by atoms with E-state index in [9.17, 15) is 9.59 Å². The van der Waals surface area contributed by atoms with Crippen molar-refractivity contribution < 1.29 is 19.1 Å². The van der Waals surface area contributed by atoms with Crippen molar-refractivity contribution in [3.8, 4) is 11.5 Å². The van der Waals surface area contributed by atoms with Crippen LogP contribution in [-0.4, -0.2) is 28.3 Å². The van der Waals surface area contributed by atoms with Crippen LogP contribution in [0.25, 0.3) is 0 Å². The van der Waals surface area contributed by atoms with Crippen LogP contribution in [0.2, 0.25) is 0 Å². The molecule has 0 saturated carbocycles. The summed E-state index contributed by atoms with van der Waals surface area (Å²) in [5, 5.41) is 2.74. The molecule has 1 aromatic carbocycles. The molecule has 3 rings (SSSR count). The molecule has 2 heterocycles. The van der Waals surface area contributed by atoms with Crippen molar-refractivity contribution in [1.82, 2.24) is 9.97 Å². The second-order valence-electron chi connectivity index (χ2n) is 7.55. The first kappa shape index (κ1) is 23.9. The van der Waals surface area contributed by atoms with E-state index >= 15 is 0 Å². The minimum atomic E-state index is -0.299. The minimum Gasteiger partial charge on any atom is -0.494 e. The van der Waals surface area contributed by atoms with Crippen molar-refractivity contribution in [3.05, 3.63) is 78.2 Å². The minimum absolute atomic E-state index is 0.0501. The fourth-order valence-corrected chi connectivity index (χ4v) is 3.09. The second-order valence-corrected chi connectivity index (χ2v) is 7.55. The number of carbonyl (C=O) groups is 2. The van der Waals surface area contributed by atoms with E-state index in [0.29, 0.717) is 30.3 Å². The normalized spacial score (nSPS) is 10.5. The zero-order valence-electron chi connectivity index (χ0n) is 18.8. The molecule has 1 N–H and O–H groups in total. The highest BCUT2D eigenvalue weighted by Gasteiger charge is 2.13. The summed E-state index contributed by atoms with van der Waals surface area (Å²) in [6.45, 7) is 3.14. The summed E-state index contributed by atoms with van der Waals surface area (Å²) in [4.78, 5) is 33.1. The van der Waals surface area contributed by atoms with Crippen LogP contribution >= 0.6 is 0 Å². The van der Waals surface area contributed by atoms with Crippen LogP contribution in [0.1, 0.15) is 54.9 Å². The average molecular weight is 448 g/mol. The molecule has 0 spiro atoms. The van der Waals surface area contributed by atoms with Gasteiger partial charge in [0.05, 0.1) is 6.61 Å². The van der Waals surface area contributed by atoms with Crippen LogP contribution in [-0.2, 0) is 11.4 Å². The Morgan fingerprint density at radius 1 is 0.909 bits per heavy atom. The highest BCUT2D eigenvalue weighted by Crippen LogP contribution is 2.22. The third kappa shape index (κ3) is 8.03. The Hall–Kier alpha value is -3.74. The molecule has 0 unspecified atom stereocenters. The number of carbonyl (C=O) groups excluding carboxylic acids is 2. The molecule has 1 amide bonds. The van der Waals surface area contributed by atoms with Crippen LogP contribution in [0.4, 0.5) is 5.82 Å². The Bertz CT molecular complexity index is 1020. The highest BCUT2D eigenvalue weighted by molar-refractivity contribution is 6.00. The van der Waals surface area contributed by atoms with Crippen LogP contribution < -0.4 is 14.8 Å². The van der Waals surface area contributed by atoms with Gasteiger partial charge in [-0.3, -0.25) is 14.6 Å². The molecule has 0 fully saturated rings. The van der Waals surface area contributed by atoms with Gasteiger partial charge in [0.15, 0.2) is 17.4 Å². The standard InChI is InChI=1S/C26H29N3O4/c1-2-3-4-18-32-22-9-7-21(8-10-22)23(30)11-12-25(31)29-26-24(6-5-15-28-26)33-19-20-13-16-27-17-14-20/h5-10,13-17H,2-4,11-12,18-19H2,1H3,(H,28,29,31). The lowest BCUT2D eigenvalue weighted by atomic mass is 10.1. The van der Waals surface area contributed by atoms with E-state index < -0.39 is 0 Å². The number of pyridine rings is 2. The van der Waals surface area contributed by atoms with Gasteiger partial charge in [-0.2, -0.15) is 0 Å². The SMILES string of the molecule is CCCCCOc1ccc(C(=O)CCC(=O)Nc2ncccc2OCc2ccncc2)cc1. The molecule has 0 aliphatic rings. The smallest absolute Gasteiger partial charge is 0.226 e. The molecule has 0 aliphatic heterocycles. The molecular weight excluding hydrogens is 418 g/mol. The van der Waals surface area contributed by atoms with Crippen LogP contribution in [0.15, 0.2) is 67.1 Å². The van der Waals surface area contributed by atoms with Crippen molar-refractivity contribution >= 4 is 17.5 Å². The van der Waals surface area contributed by atoms with E-state index in [2.05, 4.69) is 22.2 Å². The molecule has 0 aliphatic carbocycles. The van der Waals surface area contributed by atoms with Gasteiger partial charge >= 0.3 is 0 Å². The molecule has 0 radical (unpaired) electrons. The van der Waals surface area contributed by atoms with Crippen LogP contribution in [0, 0.1) is 0 Å². The third-order valence-corrected chi connectivity index (χ3v) is 4.94. The number of hydrogen-bond acceptors (Lipinski definition) is 6. The molecule has 7 nitrogen and oxygen atoms in total. The zero-order chi connectivity index (χ0) is 23.3. The molecule has 0 atom stereocenters. The van der Waals surface area contributed by atoms with E-state index in [4.69, 9.17) is 9.47 Å². The first-order valence-electron chi connectivity index (χ1n) is 11.2. The van der Waals surface area contributed by atoms with Crippen molar-refractivity contribution in [2.45, 2.75) is 45.6 Å². The lowest BCUT2D eigenvalue weighted by Gasteiger charge is -2.11. The Morgan fingerprint density at radius 3 is 2.45 bits per heavy atom. The van der Waals surface area contributed by atoms with Crippen molar-refractivity contribution in [2.24, 2.45) is 0 Å². The molecule has 7 heteroatoms. The monoisotopic (exact) mass is 447 g/mol. The summed E-state index contributed by atoms with van der Waals surface area (Å²) < 4.78 is 11.5. The van der Waals surface area contributed by atoms with Gasteiger partial charge in [-0.15, -0.1) is 0 Å². The number of benzene rings is 1. The Balaban J connectivity index is 1.47. The molecule has 2 aromatic heterocycles. The summed E-state index contributed by atoms with van der Waals surface area (Å²) >= 11 is 0. The van der Waals surface area contributed by atoms with Crippen molar-refractivity contribution in [1.29, 1.82) is 0 Å². The first-order chi connectivity index (χ1) is 16.2. The maximum Gasteiger partial charge on any atom is 0.226 e. The number of ether oxygens (including phenoxy) is 2. The van der Waals surface area contributed by atoms with E-state index in [1.165, 1.54) is 0 Å². The number of nitrogens with zero attached hydrogens (tertiary/aromatic N) is 2. The van der Waals surface area contributed by atoms with E-state index in [1.54, 1.807) is 55.0 Å². The number of anilines is 1. The number of aromatic nitrogens is 2. The van der Waals surface area contributed by atoms with E-state index in [1.807, 2.05) is 12.1 Å². The zero-order valence-corrected chi connectivity index (χ0v) is 18.8. The Morgan fingerprint density at radius 2 is 1.70 bits per heavy atom. The molecule has 0 bridgehead atoms. The number of hydrogen-bond donors (Lipinski definition) is 1. The summed E-state index contributed by atoms with van der Waals surface area (Å²) in [6.07, 6.45) is 8.40. The van der Waals surface area contributed by atoms with Gasteiger partial charge in [0.2, 0.25) is 5.91 Å². The van der Waals surface area contributed by atoms with E-state index in [0.717, 1.165) is 30.6 Å².